The number of aromatic nitrogens is 4. The summed E-state index contributed by atoms with van der Waals surface area (Å²) in [5, 5.41) is 4.57. The van der Waals surface area contributed by atoms with E-state index in [1.165, 1.54) is 10.8 Å². The number of hydrogen-bond acceptors (Lipinski definition) is 3. The monoisotopic (exact) mass is 370 g/mol. The molecule has 0 spiro atoms. The van der Waals surface area contributed by atoms with E-state index in [-0.39, 0.29) is 0 Å². The van der Waals surface area contributed by atoms with Crippen molar-refractivity contribution in [2.75, 3.05) is 0 Å². The van der Waals surface area contributed by atoms with E-state index in [0.717, 1.165) is 49.7 Å². The molecule has 0 fully saturated rings. The summed E-state index contributed by atoms with van der Waals surface area (Å²) in [6.45, 7) is 0. The molecule has 0 bridgehead atoms. The van der Waals surface area contributed by atoms with E-state index in [1.54, 1.807) is 0 Å². The van der Waals surface area contributed by atoms with E-state index in [0.29, 0.717) is 0 Å². The molecule has 7 aromatic rings. The van der Waals surface area contributed by atoms with Crippen LogP contribution in [0.4, 0.5) is 0 Å². The van der Waals surface area contributed by atoms with Gasteiger partial charge in [-0.3, -0.25) is 4.40 Å². The average molecular weight is 370 g/mol. The lowest BCUT2D eigenvalue weighted by Crippen LogP contribution is -1.97. The van der Waals surface area contributed by atoms with Crippen molar-refractivity contribution in [3.63, 3.8) is 0 Å². The Balaban J connectivity index is 1.86. The van der Waals surface area contributed by atoms with Crippen molar-refractivity contribution in [1.29, 1.82) is 0 Å². The molecule has 0 radical (unpaired) electrons. The number of rotatable bonds is 0. The molecule has 0 amide bonds. The highest BCUT2D eigenvalue weighted by Gasteiger charge is 2.16. The fraction of sp³-hybridized carbons (Fsp3) is 0. The molecule has 0 aliphatic rings. The van der Waals surface area contributed by atoms with Crippen molar-refractivity contribution in [1.82, 2.24) is 19.4 Å². The highest BCUT2D eigenvalue weighted by atomic mass is 15.1. The van der Waals surface area contributed by atoms with Gasteiger partial charge in [0.15, 0.2) is 5.65 Å². The predicted molar refractivity (Wildman–Crippen MR) is 118 cm³/mol. The fourth-order valence-electron chi connectivity index (χ4n) is 4.37. The summed E-state index contributed by atoms with van der Waals surface area (Å²) in [7, 11) is 0. The van der Waals surface area contributed by atoms with Gasteiger partial charge >= 0.3 is 0 Å². The number of pyridine rings is 1. The van der Waals surface area contributed by atoms with Crippen LogP contribution < -0.4 is 0 Å². The summed E-state index contributed by atoms with van der Waals surface area (Å²) in [6, 6.07) is 29.1. The smallest absolute Gasteiger partial charge is 0.166 e. The summed E-state index contributed by atoms with van der Waals surface area (Å²) in [5.41, 5.74) is 6.47. The van der Waals surface area contributed by atoms with Crippen LogP contribution in [-0.2, 0) is 0 Å². The van der Waals surface area contributed by atoms with Gasteiger partial charge in [0.2, 0.25) is 0 Å². The Morgan fingerprint density at radius 1 is 0.517 bits per heavy atom. The molecule has 0 N–H and O–H groups in total. The second-order valence-electron chi connectivity index (χ2n) is 7.39. The Labute approximate surface area is 165 Å². The van der Waals surface area contributed by atoms with Crippen LogP contribution >= 0.6 is 0 Å². The van der Waals surface area contributed by atoms with Gasteiger partial charge in [0, 0.05) is 10.8 Å². The lowest BCUT2D eigenvalue weighted by atomic mass is 10.0. The number of nitrogens with zero attached hydrogens (tertiary/aromatic N) is 4. The Morgan fingerprint density at radius 2 is 1.10 bits per heavy atom. The third kappa shape index (κ3) is 1.95. The molecule has 0 saturated heterocycles. The van der Waals surface area contributed by atoms with Crippen molar-refractivity contribution in [2.45, 2.75) is 0 Å². The largest absolute Gasteiger partial charge is 0.274 e. The van der Waals surface area contributed by atoms with Crippen LogP contribution in [0.2, 0.25) is 0 Å². The van der Waals surface area contributed by atoms with Crippen LogP contribution in [0.15, 0.2) is 84.9 Å². The summed E-state index contributed by atoms with van der Waals surface area (Å²) >= 11 is 0. The summed E-state index contributed by atoms with van der Waals surface area (Å²) in [4.78, 5) is 15.0. The van der Waals surface area contributed by atoms with E-state index in [9.17, 15) is 0 Å². The van der Waals surface area contributed by atoms with Crippen LogP contribution in [-0.4, -0.2) is 19.4 Å². The van der Waals surface area contributed by atoms with Gasteiger partial charge in [-0.25, -0.2) is 15.0 Å². The average Bonchev–Trinajstić information content (AvgIpc) is 3.17. The minimum atomic E-state index is 0.843. The zero-order valence-corrected chi connectivity index (χ0v) is 15.4. The van der Waals surface area contributed by atoms with Gasteiger partial charge < -0.3 is 0 Å². The molecule has 0 atom stereocenters. The Kier molecular flexibility index (Phi) is 2.71. The van der Waals surface area contributed by atoms with E-state index in [1.807, 2.05) is 36.4 Å². The van der Waals surface area contributed by atoms with Crippen molar-refractivity contribution in [3.8, 4) is 0 Å². The quantitative estimate of drug-likeness (QED) is 0.247. The zero-order valence-electron chi connectivity index (χ0n) is 15.4. The van der Waals surface area contributed by atoms with Crippen LogP contribution in [0.3, 0.4) is 0 Å². The minimum Gasteiger partial charge on any atom is -0.274 e. The van der Waals surface area contributed by atoms with Crippen LogP contribution in [0.25, 0.3) is 60.4 Å². The van der Waals surface area contributed by atoms with E-state index in [4.69, 9.17) is 15.0 Å². The minimum absolute atomic E-state index is 0.843. The molecule has 4 heteroatoms. The van der Waals surface area contributed by atoms with Gasteiger partial charge in [0.1, 0.15) is 11.2 Å². The molecule has 0 unspecified atom stereocenters. The van der Waals surface area contributed by atoms with Crippen molar-refractivity contribution >= 4 is 60.4 Å². The number of para-hydroxylation sites is 4. The molecule has 7 rings (SSSR count). The normalized spacial score (nSPS) is 12.1. The first-order valence-electron chi connectivity index (χ1n) is 9.65. The number of benzene rings is 4. The molecule has 4 aromatic carbocycles. The molecule has 134 valence electrons. The molecule has 3 aromatic heterocycles. The third-order valence-electron chi connectivity index (χ3n) is 5.71. The third-order valence-corrected chi connectivity index (χ3v) is 5.71. The van der Waals surface area contributed by atoms with Crippen LogP contribution in [0.5, 0.6) is 0 Å². The highest BCUT2D eigenvalue weighted by molar-refractivity contribution is 6.16. The maximum Gasteiger partial charge on any atom is 0.166 e. The molecular weight excluding hydrogens is 356 g/mol. The molecule has 0 aliphatic heterocycles. The first kappa shape index (κ1) is 14.9. The maximum absolute atomic E-state index is 5.04. The molecular formula is C25H14N4. The SMILES string of the molecule is c1ccc2cc3c(cc2c1)c1nc2ccccc2nc1n1c2ccccc2nc31. The molecule has 4 nitrogen and oxygen atoms in total. The zero-order chi connectivity index (χ0) is 18.9. The highest BCUT2D eigenvalue weighted by Crippen LogP contribution is 2.34. The van der Waals surface area contributed by atoms with Crippen molar-refractivity contribution in [3.05, 3.63) is 84.9 Å². The Morgan fingerprint density at radius 3 is 1.90 bits per heavy atom. The molecule has 0 aliphatic carbocycles. The Hall–Kier alpha value is -4.05. The lowest BCUT2D eigenvalue weighted by Gasteiger charge is -2.10. The summed E-state index contributed by atoms with van der Waals surface area (Å²) in [6.07, 6.45) is 0. The maximum atomic E-state index is 5.04. The topological polar surface area (TPSA) is 43.1 Å². The predicted octanol–water partition coefficient (Wildman–Crippen LogP) is 5.89. The van der Waals surface area contributed by atoms with Gasteiger partial charge in [-0.15, -0.1) is 0 Å². The standard InChI is InChI=1S/C25H14N4/c1-2-8-16-14-18-17(13-15(16)7-1)23-25(27-20-10-4-3-9-19(20)26-23)29-22-12-6-5-11-21(22)28-24(18)29/h1-14H. The second kappa shape index (κ2) is 5.26. The first-order chi connectivity index (χ1) is 14.4. The molecule has 3 heterocycles. The van der Waals surface area contributed by atoms with E-state index >= 15 is 0 Å². The summed E-state index contributed by atoms with van der Waals surface area (Å²) < 4.78 is 2.15. The lowest BCUT2D eigenvalue weighted by molar-refractivity contribution is 1.24. The first-order valence-corrected chi connectivity index (χ1v) is 9.65. The van der Waals surface area contributed by atoms with E-state index in [2.05, 4.69) is 52.9 Å². The number of fused-ring (bicyclic) bond motifs is 10. The van der Waals surface area contributed by atoms with Crippen molar-refractivity contribution in [2.24, 2.45) is 0 Å². The number of hydrogen-bond donors (Lipinski definition) is 0. The van der Waals surface area contributed by atoms with Gasteiger partial charge in [-0.1, -0.05) is 48.5 Å². The fourth-order valence-corrected chi connectivity index (χ4v) is 4.37. The van der Waals surface area contributed by atoms with Gasteiger partial charge in [-0.05, 0) is 47.2 Å². The van der Waals surface area contributed by atoms with Crippen LogP contribution in [0.1, 0.15) is 0 Å². The summed E-state index contributed by atoms with van der Waals surface area (Å²) in [5.74, 6) is 0. The second-order valence-corrected chi connectivity index (χ2v) is 7.39. The molecule has 0 saturated carbocycles. The van der Waals surface area contributed by atoms with Crippen molar-refractivity contribution < 1.29 is 0 Å². The van der Waals surface area contributed by atoms with Gasteiger partial charge in [-0.2, -0.15) is 0 Å². The van der Waals surface area contributed by atoms with Gasteiger partial charge in [0.25, 0.3) is 0 Å². The van der Waals surface area contributed by atoms with Crippen LogP contribution in [0, 0.1) is 0 Å². The van der Waals surface area contributed by atoms with E-state index < -0.39 is 0 Å². The molecule has 29 heavy (non-hydrogen) atoms. The van der Waals surface area contributed by atoms with Gasteiger partial charge in [0.05, 0.1) is 22.1 Å². The number of imidazole rings is 1. The Bertz CT molecular complexity index is 1760.